The van der Waals surface area contributed by atoms with Gasteiger partial charge in [-0.3, -0.25) is 10.1 Å². The monoisotopic (exact) mass is 292 g/mol. The van der Waals surface area contributed by atoms with Gasteiger partial charge in [-0.05, 0) is 31.2 Å². The zero-order chi connectivity index (χ0) is 15.2. The van der Waals surface area contributed by atoms with Crippen LogP contribution in [-0.2, 0) is 0 Å². The van der Waals surface area contributed by atoms with Crippen LogP contribution >= 0.6 is 0 Å². The molecule has 0 aromatic carbocycles. The number of anilines is 2. The maximum absolute atomic E-state index is 11.2. The van der Waals surface area contributed by atoms with E-state index >= 15 is 0 Å². The maximum atomic E-state index is 11.2. The number of piperidine rings is 1. The van der Waals surface area contributed by atoms with Crippen LogP contribution in [0.15, 0.2) is 12.1 Å². The number of nitrogens with zero attached hydrogens (tertiary/aromatic N) is 3. The molecule has 2 heterocycles. The van der Waals surface area contributed by atoms with Crippen molar-refractivity contribution in [3.63, 3.8) is 0 Å². The zero-order valence-corrected chi connectivity index (χ0v) is 12.8. The second-order valence-electron chi connectivity index (χ2n) is 5.56. The van der Waals surface area contributed by atoms with E-state index in [4.69, 9.17) is 0 Å². The van der Waals surface area contributed by atoms with E-state index in [1.807, 2.05) is 0 Å². The summed E-state index contributed by atoms with van der Waals surface area (Å²) in [4.78, 5) is 17.4. The highest BCUT2D eigenvalue weighted by molar-refractivity contribution is 5.62. The van der Waals surface area contributed by atoms with E-state index < -0.39 is 0 Å². The van der Waals surface area contributed by atoms with Gasteiger partial charge in [0.05, 0.1) is 4.92 Å². The Morgan fingerprint density at radius 3 is 2.67 bits per heavy atom. The number of hydrogen-bond acceptors (Lipinski definition) is 5. The molecular formula is C15H24N4O2. The smallest absolute Gasteiger partial charge is 0.311 e. The first-order valence-electron chi connectivity index (χ1n) is 7.80. The number of nitro groups is 1. The fraction of sp³-hybridized carbons (Fsp3) is 0.667. The van der Waals surface area contributed by atoms with Gasteiger partial charge < -0.3 is 10.2 Å². The van der Waals surface area contributed by atoms with E-state index in [1.54, 1.807) is 12.1 Å². The fourth-order valence-corrected chi connectivity index (χ4v) is 2.72. The van der Waals surface area contributed by atoms with E-state index in [-0.39, 0.29) is 10.6 Å². The lowest BCUT2D eigenvalue weighted by atomic mass is 9.94. The van der Waals surface area contributed by atoms with Crippen LogP contribution in [0.2, 0.25) is 0 Å². The highest BCUT2D eigenvalue weighted by atomic mass is 16.6. The lowest BCUT2D eigenvalue weighted by Gasteiger charge is -2.32. The van der Waals surface area contributed by atoms with Crippen molar-refractivity contribution in [1.29, 1.82) is 0 Å². The van der Waals surface area contributed by atoms with Crippen molar-refractivity contribution in [2.75, 3.05) is 29.9 Å². The lowest BCUT2D eigenvalue weighted by molar-refractivity contribution is -0.384. The molecule has 0 saturated carbocycles. The van der Waals surface area contributed by atoms with Crippen LogP contribution in [0, 0.1) is 16.0 Å². The molecule has 0 amide bonds. The van der Waals surface area contributed by atoms with Crippen LogP contribution in [0.4, 0.5) is 17.3 Å². The molecule has 0 atom stereocenters. The molecule has 1 aliphatic rings. The summed E-state index contributed by atoms with van der Waals surface area (Å²) < 4.78 is 0. The first kappa shape index (κ1) is 15.5. The van der Waals surface area contributed by atoms with Crippen LogP contribution < -0.4 is 10.2 Å². The zero-order valence-electron chi connectivity index (χ0n) is 12.8. The van der Waals surface area contributed by atoms with E-state index in [0.29, 0.717) is 5.82 Å². The minimum absolute atomic E-state index is 0.104. The minimum atomic E-state index is -0.335. The molecule has 0 radical (unpaired) electrons. The van der Waals surface area contributed by atoms with E-state index in [9.17, 15) is 10.1 Å². The quantitative estimate of drug-likeness (QED) is 0.642. The van der Waals surface area contributed by atoms with Crippen molar-refractivity contribution >= 4 is 17.3 Å². The number of nitrogens with one attached hydrogen (secondary N) is 1. The fourth-order valence-electron chi connectivity index (χ4n) is 2.72. The van der Waals surface area contributed by atoms with Gasteiger partial charge in [0.15, 0.2) is 0 Å². The summed E-state index contributed by atoms with van der Waals surface area (Å²) in [5, 5.41) is 14.4. The minimum Gasteiger partial charge on any atom is -0.370 e. The van der Waals surface area contributed by atoms with Crippen molar-refractivity contribution in [3.05, 3.63) is 22.2 Å². The third kappa shape index (κ3) is 3.83. The van der Waals surface area contributed by atoms with Gasteiger partial charge in [0.1, 0.15) is 5.82 Å². The molecule has 0 unspecified atom stereocenters. The molecule has 1 aromatic rings. The van der Waals surface area contributed by atoms with E-state index in [2.05, 4.69) is 29.0 Å². The van der Waals surface area contributed by atoms with Gasteiger partial charge in [-0.1, -0.05) is 20.3 Å². The SMILES string of the molecule is CCCNc1ccc([N+](=O)[O-])c(N2CCC(CC)CC2)n1. The van der Waals surface area contributed by atoms with Crippen molar-refractivity contribution in [1.82, 2.24) is 4.98 Å². The van der Waals surface area contributed by atoms with Crippen LogP contribution in [0.25, 0.3) is 0 Å². The molecule has 0 spiro atoms. The molecule has 1 N–H and O–H groups in total. The molecule has 2 rings (SSSR count). The summed E-state index contributed by atoms with van der Waals surface area (Å²) in [5.74, 6) is 1.97. The second-order valence-corrected chi connectivity index (χ2v) is 5.56. The Hall–Kier alpha value is -1.85. The summed E-state index contributed by atoms with van der Waals surface area (Å²) in [6.45, 7) is 6.81. The molecule has 1 fully saturated rings. The normalized spacial score (nSPS) is 16.0. The van der Waals surface area contributed by atoms with Crippen LogP contribution in [0.1, 0.15) is 39.5 Å². The topological polar surface area (TPSA) is 71.3 Å². The molecule has 6 nitrogen and oxygen atoms in total. The number of aromatic nitrogens is 1. The average Bonchev–Trinajstić information content (AvgIpc) is 2.52. The molecular weight excluding hydrogens is 268 g/mol. The summed E-state index contributed by atoms with van der Waals surface area (Å²) in [5.41, 5.74) is 0.104. The van der Waals surface area contributed by atoms with Crippen molar-refractivity contribution < 1.29 is 4.92 Å². The van der Waals surface area contributed by atoms with Crippen molar-refractivity contribution in [2.24, 2.45) is 5.92 Å². The van der Waals surface area contributed by atoms with E-state index in [1.165, 1.54) is 6.42 Å². The molecule has 21 heavy (non-hydrogen) atoms. The molecule has 1 aromatic heterocycles. The molecule has 6 heteroatoms. The number of pyridine rings is 1. The van der Waals surface area contributed by atoms with Crippen LogP contribution in [0.5, 0.6) is 0 Å². The highest BCUT2D eigenvalue weighted by Crippen LogP contribution is 2.31. The first-order chi connectivity index (χ1) is 10.2. The highest BCUT2D eigenvalue weighted by Gasteiger charge is 2.25. The predicted molar refractivity (Wildman–Crippen MR) is 84.9 cm³/mol. The van der Waals surface area contributed by atoms with Gasteiger partial charge in [-0.2, -0.15) is 0 Å². The summed E-state index contributed by atoms with van der Waals surface area (Å²) in [6.07, 6.45) is 4.35. The van der Waals surface area contributed by atoms with Gasteiger partial charge in [0.25, 0.3) is 0 Å². The second kappa shape index (κ2) is 7.24. The maximum Gasteiger partial charge on any atom is 0.311 e. The molecule has 116 valence electrons. The molecule has 1 aliphatic heterocycles. The Labute approximate surface area is 125 Å². The summed E-state index contributed by atoms with van der Waals surface area (Å²) in [6, 6.07) is 3.25. The summed E-state index contributed by atoms with van der Waals surface area (Å²) in [7, 11) is 0. The summed E-state index contributed by atoms with van der Waals surface area (Å²) >= 11 is 0. The third-order valence-electron chi connectivity index (χ3n) is 4.10. The number of hydrogen-bond donors (Lipinski definition) is 1. The van der Waals surface area contributed by atoms with Gasteiger partial charge in [-0.15, -0.1) is 0 Å². The molecule has 0 bridgehead atoms. The Kier molecular flexibility index (Phi) is 5.36. The molecule has 1 saturated heterocycles. The average molecular weight is 292 g/mol. The van der Waals surface area contributed by atoms with Crippen molar-refractivity contribution in [3.8, 4) is 0 Å². The molecule has 0 aliphatic carbocycles. The van der Waals surface area contributed by atoms with Crippen LogP contribution in [0.3, 0.4) is 0 Å². The lowest BCUT2D eigenvalue weighted by Crippen LogP contribution is -2.34. The third-order valence-corrected chi connectivity index (χ3v) is 4.10. The van der Waals surface area contributed by atoms with E-state index in [0.717, 1.165) is 50.6 Å². The largest absolute Gasteiger partial charge is 0.370 e. The Bertz CT molecular complexity index is 485. The van der Waals surface area contributed by atoms with Gasteiger partial charge >= 0.3 is 5.69 Å². The van der Waals surface area contributed by atoms with Crippen LogP contribution in [-0.4, -0.2) is 29.5 Å². The van der Waals surface area contributed by atoms with Gasteiger partial charge in [-0.25, -0.2) is 4.98 Å². The predicted octanol–water partition coefficient (Wildman–Crippen LogP) is 3.44. The number of rotatable bonds is 6. The Morgan fingerprint density at radius 2 is 2.10 bits per heavy atom. The Balaban J connectivity index is 2.20. The standard InChI is InChI=1S/C15H24N4O2/c1-3-9-16-14-6-5-13(19(20)21)15(17-14)18-10-7-12(4-2)8-11-18/h5-6,12H,3-4,7-11H2,1-2H3,(H,16,17). The van der Waals surface area contributed by atoms with Gasteiger partial charge in [0.2, 0.25) is 5.82 Å². The Morgan fingerprint density at radius 1 is 1.38 bits per heavy atom. The van der Waals surface area contributed by atoms with Gasteiger partial charge in [0, 0.05) is 25.7 Å². The van der Waals surface area contributed by atoms with Crippen molar-refractivity contribution in [2.45, 2.75) is 39.5 Å². The first-order valence-corrected chi connectivity index (χ1v) is 7.80.